The third-order valence-electron chi connectivity index (χ3n) is 9.80. The quantitative estimate of drug-likeness (QED) is 0.0590. The summed E-state index contributed by atoms with van der Waals surface area (Å²) in [5, 5.41) is 31.3. The molecule has 6 amide bonds. The largest absolute Gasteiger partial charge is 0.388 e. The molecule has 0 unspecified atom stereocenters. The van der Waals surface area contributed by atoms with Gasteiger partial charge in [-0.05, 0) is 37.1 Å². The minimum absolute atomic E-state index is 0.0422. The van der Waals surface area contributed by atoms with Crippen LogP contribution in [0.3, 0.4) is 0 Å². The average Bonchev–Trinajstić information content (AvgIpc) is 3.92. The monoisotopic (exact) mass is 798 g/mol. The van der Waals surface area contributed by atoms with Crippen LogP contribution in [0.2, 0.25) is 0 Å². The summed E-state index contributed by atoms with van der Waals surface area (Å²) in [7, 11) is 6.64. The van der Waals surface area contributed by atoms with Crippen molar-refractivity contribution in [3.63, 3.8) is 0 Å². The van der Waals surface area contributed by atoms with Gasteiger partial charge < -0.3 is 61.6 Å². The van der Waals surface area contributed by atoms with Crippen LogP contribution in [0.15, 0.2) is 49.1 Å². The Labute approximate surface area is 334 Å². The van der Waals surface area contributed by atoms with E-state index in [-0.39, 0.29) is 72.6 Å². The molecule has 308 valence electrons. The predicted octanol–water partition coefficient (Wildman–Crippen LogP) is 2.04. The van der Waals surface area contributed by atoms with E-state index in [9.17, 15) is 28.8 Å². The first-order valence-corrected chi connectivity index (χ1v) is 18.6. The molecule has 58 heavy (non-hydrogen) atoms. The van der Waals surface area contributed by atoms with Crippen molar-refractivity contribution in [3.05, 3.63) is 71.8 Å². The van der Waals surface area contributed by atoms with Gasteiger partial charge in [0.05, 0.1) is 34.4 Å². The normalized spacial score (nSPS) is 14.9. The van der Waals surface area contributed by atoms with E-state index in [4.69, 9.17) is 22.3 Å². The topological polar surface area (TPSA) is 294 Å². The first-order chi connectivity index (χ1) is 27.5. The summed E-state index contributed by atoms with van der Waals surface area (Å²) in [4.78, 5) is 78.9. The van der Waals surface area contributed by atoms with E-state index < -0.39 is 23.7 Å². The number of anilines is 4. The summed E-state index contributed by atoms with van der Waals surface area (Å²) in [6.45, 7) is 0.404. The zero-order valence-corrected chi connectivity index (χ0v) is 32.8. The molecule has 4 heterocycles. The zero-order valence-electron chi connectivity index (χ0n) is 32.8. The molecule has 0 aliphatic heterocycles. The maximum absolute atomic E-state index is 13.6. The fourth-order valence-corrected chi connectivity index (χ4v) is 6.86. The molecule has 1 aliphatic rings. The number of hydrogen-bond donors (Lipinski definition) is 10. The van der Waals surface area contributed by atoms with Gasteiger partial charge in [0.2, 0.25) is 11.8 Å². The van der Waals surface area contributed by atoms with Crippen molar-refractivity contribution in [2.45, 2.75) is 38.5 Å². The Bertz CT molecular complexity index is 2100. The Hall–Kier alpha value is -7.12. The summed E-state index contributed by atoms with van der Waals surface area (Å²) >= 11 is 0. The molecule has 1 saturated carbocycles. The SMILES string of the molecule is Cn1cc(NC(=O)c2cc(NC(=O)[C@@H]3CCCC[C@H]3C(=O)Nc3cc(C(=O)Nc4cc(C(=O)NCCC(=N)N)n(C)c4)n(C)c3)cn2C)cc1C(=O)NCCC(=N)N. The van der Waals surface area contributed by atoms with Crippen LogP contribution in [-0.4, -0.2) is 78.5 Å². The number of amidine groups is 2. The highest BCUT2D eigenvalue weighted by molar-refractivity contribution is 6.07. The maximum atomic E-state index is 13.6. The van der Waals surface area contributed by atoms with Crippen LogP contribution in [0.25, 0.3) is 0 Å². The molecule has 0 aromatic carbocycles. The summed E-state index contributed by atoms with van der Waals surface area (Å²) in [6, 6.07) is 6.11. The van der Waals surface area contributed by atoms with Crippen molar-refractivity contribution in [3.8, 4) is 0 Å². The van der Waals surface area contributed by atoms with Crippen LogP contribution in [-0.2, 0) is 37.8 Å². The Morgan fingerprint density at radius 2 is 0.828 bits per heavy atom. The second-order valence-corrected chi connectivity index (χ2v) is 14.3. The number of aryl methyl sites for hydroxylation is 4. The number of hydrogen-bond acceptors (Lipinski definition) is 8. The van der Waals surface area contributed by atoms with E-state index in [0.29, 0.717) is 47.0 Å². The van der Waals surface area contributed by atoms with Gasteiger partial charge in [-0.3, -0.25) is 39.6 Å². The number of nitrogens with one attached hydrogen (secondary N) is 8. The standard InChI is InChI=1S/C38H50N14O6/c1-49-19-23(13-27(49)35(55)43-11-9-31(39)40)47-37(57)29-15-21(17-51(29)3)45-33(53)25-7-5-6-8-26(25)34(54)46-22-16-30(52(4)18-22)38(58)48-24-14-28(50(2)20-24)36(56)44-12-10-32(41)42/h13-20,25-26H,5-12H2,1-4H3,(H3,39,40)(H3,41,42)(H,43,55)(H,44,56)(H,45,53)(H,46,54)(H,47,57)(H,48,58)/t25-,26-/m1/s1. The first kappa shape index (κ1) is 42.0. The third-order valence-corrected chi connectivity index (χ3v) is 9.80. The van der Waals surface area contributed by atoms with Crippen molar-refractivity contribution < 1.29 is 28.8 Å². The second-order valence-electron chi connectivity index (χ2n) is 14.3. The van der Waals surface area contributed by atoms with Crippen LogP contribution in [0.5, 0.6) is 0 Å². The lowest BCUT2D eigenvalue weighted by molar-refractivity contribution is -0.130. The van der Waals surface area contributed by atoms with Gasteiger partial charge in [0.25, 0.3) is 23.6 Å². The molecular formula is C38H50N14O6. The highest BCUT2D eigenvalue weighted by Crippen LogP contribution is 2.33. The van der Waals surface area contributed by atoms with Crippen LogP contribution >= 0.6 is 0 Å². The number of rotatable bonds is 16. The molecule has 0 bridgehead atoms. The van der Waals surface area contributed by atoms with Crippen LogP contribution in [0, 0.1) is 22.7 Å². The van der Waals surface area contributed by atoms with E-state index in [1.165, 1.54) is 24.3 Å². The van der Waals surface area contributed by atoms with Crippen LogP contribution in [0.4, 0.5) is 22.7 Å². The molecular weight excluding hydrogens is 749 g/mol. The zero-order chi connectivity index (χ0) is 42.3. The van der Waals surface area contributed by atoms with Gasteiger partial charge in [-0.15, -0.1) is 0 Å². The molecule has 12 N–H and O–H groups in total. The maximum Gasteiger partial charge on any atom is 0.272 e. The van der Waals surface area contributed by atoms with Gasteiger partial charge >= 0.3 is 0 Å². The van der Waals surface area contributed by atoms with E-state index in [2.05, 4.69) is 31.9 Å². The minimum atomic E-state index is -0.644. The summed E-state index contributed by atoms with van der Waals surface area (Å²) in [5.41, 5.74) is 13.3. The van der Waals surface area contributed by atoms with Crippen LogP contribution < -0.4 is 43.4 Å². The minimum Gasteiger partial charge on any atom is -0.388 e. The van der Waals surface area contributed by atoms with Crippen molar-refractivity contribution in [1.29, 1.82) is 10.8 Å². The number of carbonyl (C=O) groups is 6. The third kappa shape index (κ3) is 10.4. The second kappa shape index (κ2) is 18.2. The van der Waals surface area contributed by atoms with Gasteiger partial charge in [-0.1, -0.05) is 12.8 Å². The molecule has 0 radical (unpaired) electrons. The van der Waals surface area contributed by atoms with Gasteiger partial charge in [-0.25, -0.2) is 0 Å². The van der Waals surface area contributed by atoms with Crippen molar-refractivity contribution in [1.82, 2.24) is 28.9 Å². The van der Waals surface area contributed by atoms with Gasteiger partial charge in [-0.2, -0.15) is 0 Å². The number of aromatic nitrogens is 4. The van der Waals surface area contributed by atoms with Gasteiger partial charge in [0, 0.05) is 90.7 Å². The lowest BCUT2D eigenvalue weighted by Crippen LogP contribution is -2.38. The molecule has 20 heteroatoms. The smallest absolute Gasteiger partial charge is 0.272 e. The number of nitrogens with zero attached hydrogens (tertiary/aromatic N) is 4. The van der Waals surface area contributed by atoms with Gasteiger partial charge in [0.1, 0.15) is 22.8 Å². The van der Waals surface area contributed by atoms with E-state index in [1.54, 1.807) is 71.2 Å². The summed E-state index contributed by atoms with van der Waals surface area (Å²) < 4.78 is 6.24. The Kier molecular flexibility index (Phi) is 13.2. The molecule has 1 fully saturated rings. The molecule has 4 aromatic rings. The Morgan fingerprint density at radius 1 is 0.534 bits per heavy atom. The number of carbonyl (C=O) groups excluding carboxylic acids is 6. The van der Waals surface area contributed by atoms with E-state index in [1.807, 2.05) is 0 Å². The van der Waals surface area contributed by atoms with Crippen molar-refractivity contribution in [2.24, 2.45) is 51.5 Å². The molecule has 5 rings (SSSR count). The Morgan fingerprint density at radius 3 is 1.14 bits per heavy atom. The number of nitrogens with two attached hydrogens (primary N) is 2. The average molecular weight is 799 g/mol. The summed E-state index contributed by atoms with van der Waals surface area (Å²) in [6.07, 6.45) is 9.30. The lowest BCUT2D eigenvalue weighted by Gasteiger charge is -2.29. The highest BCUT2D eigenvalue weighted by atomic mass is 16.2. The fourth-order valence-electron chi connectivity index (χ4n) is 6.86. The van der Waals surface area contributed by atoms with Crippen molar-refractivity contribution in [2.75, 3.05) is 34.4 Å². The van der Waals surface area contributed by atoms with E-state index in [0.717, 1.165) is 12.8 Å². The van der Waals surface area contributed by atoms with E-state index >= 15 is 0 Å². The highest BCUT2D eigenvalue weighted by Gasteiger charge is 2.36. The predicted molar refractivity (Wildman–Crippen MR) is 218 cm³/mol. The van der Waals surface area contributed by atoms with Crippen molar-refractivity contribution >= 4 is 69.9 Å². The molecule has 0 spiro atoms. The first-order valence-electron chi connectivity index (χ1n) is 18.6. The molecule has 1 aliphatic carbocycles. The number of amides is 6. The Balaban J connectivity index is 1.18. The summed E-state index contributed by atoms with van der Waals surface area (Å²) in [5.74, 6) is -3.80. The molecule has 2 atom stereocenters. The molecule has 0 saturated heterocycles. The fraction of sp³-hybridized carbons (Fsp3) is 0.368. The lowest BCUT2D eigenvalue weighted by atomic mass is 9.78. The van der Waals surface area contributed by atoms with Crippen LogP contribution in [0.1, 0.15) is 80.5 Å². The van der Waals surface area contributed by atoms with Gasteiger partial charge in [0.15, 0.2) is 0 Å². The molecule has 4 aromatic heterocycles. The molecule has 20 nitrogen and oxygen atoms in total.